The van der Waals surface area contributed by atoms with Gasteiger partial charge in [-0.2, -0.15) is 0 Å². The van der Waals surface area contributed by atoms with Gasteiger partial charge in [0.1, 0.15) is 0 Å². The molecule has 0 saturated heterocycles. The van der Waals surface area contributed by atoms with Crippen LogP contribution in [0.25, 0.3) is 0 Å². The minimum absolute atomic E-state index is 0. The van der Waals surface area contributed by atoms with Gasteiger partial charge in [0, 0.05) is 0 Å². The largest absolute Gasteiger partial charge is 2.00 e. The van der Waals surface area contributed by atoms with Crippen LogP contribution < -0.4 is 0 Å². The van der Waals surface area contributed by atoms with Crippen molar-refractivity contribution >= 4 is 12.6 Å². The predicted molar refractivity (Wildman–Crippen MR) is 36.0 cm³/mol. The van der Waals surface area contributed by atoms with Crippen molar-refractivity contribution in [2.75, 3.05) is 0 Å². The van der Waals surface area contributed by atoms with E-state index in [1.54, 1.807) is 24.7 Å². The summed E-state index contributed by atoms with van der Waals surface area (Å²) in [5, 5.41) is 0. The first-order valence-corrected chi connectivity index (χ1v) is 2.74. The van der Waals surface area contributed by atoms with Gasteiger partial charge < -0.3 is 9.59 Å². The fourth-order valence-corrected chi connectivity index (χ4v) is 0.661. The Morgan fingerprint density at radius 3 is 1.55 bits per heavy atom. The first-order chi connectivity index (χ1) is 4.88. The summed E-state index contributed by atoms with van der Waals surface area (Å²) < 4.78 is 0. The van der Waals surface area contributed by atoms with Gasteiger partial charge in [-0.25, -0.2) is 12.1 Å². The third kappa shape index (κ3) is 2.30. The second-order valence-corrected chi connectivity index (χ2v) is 1.75. The van der Waals surface area contributed by atoms with Crippen LogP contribution in [0.4, 0.5) is 0 Å². The fourth-order valence-electron chi connectivity index (χ4n) is 0.661. The standard InChI is InChI=1S/C8H4O2.Mn/c9-5-7-3-1-2-4-8(7)6-10;/h1-4H;/q-2;+2. The van der Waals surface area contributed by atoms with Crippen LogP contribution in [-0.4, -0.2) is 12.6 Å². The van der Waals surface area contributed by atoms with Gasteiger partial charge in [0.05, 0.1) is 0 Å². The fraction of sp³-hybridized carbons (Fsp3) is 0. The molecule has 2 nitrogen and oxygen atoms in total. The van der Waals surface area contributed by atoms with Crippen molar-refractivity contribution in [1.29, 1.82) is 0 Å². The summed E-state index contributed by atoms with van der Waals surface area (Å²) in [6.07, 6.45) is 3.27. The molecule has 0 aromatic heterocycles. The summed E-state index contributed by atoms with van der Waals surface area (Å²) in [6, 6.07) is 6.38. The smallest absolute Gasteiger partial charge is 0.391 e. The summed E-state index contributed by atoms with van der Waals surface area (Å²) in [7, 11) is 0. The Balaban J connectivity index is 0.000001000. The van der Waals surface area contributed by atoms with Crippen LogP contribution >= 0.6 is 0 Å². The zero-order valence-electron chi connectivity index (χ0n) is 5.50. The number of rotatable bonds is 2. The van der Waals surface area contributed by atoms with Crippen LogP contribution in [-0.2, 0) is 26.7 Å². The van der Waals surface area contributed by atoms with E-state index >= 15 is 0 Å². The first kappa shape index (κ1) is 10.1. The van der Waals surface area contributed by atoms with Crippen LogP contribution in [0.1, 0.15) is 11.1 Å². The van der Waals surface area contributed by atoms with E-state index in [-0.39, 0.29) is 28.2 Å². The predicted octanol–water partition coefficient (Wildman–Crippen LogP) is 0.600. The number of benzene rings is 1. The van der Waals surface area contributed by atoms with Crippen molar-refractivity contribution in [1.82, 2.24) is 0 Å². The van der Waals surface area contributed by atoms with Crippen LogP contribution in [0.5, 0.6) is 0 Å². The maximum atomic E-state index is 10.1. The minimum Gasteiger partial charge on any atom is -0.391 e. The summed E-state index contributed by atoms with van der Waals surface area (Å²) in [6.45, 7) is 0. The van der Waals surface area contributed by atoms with Gasteiger partial charge in [0.2, 0.25) is 0 Å². The molecule has 0 spiro atoms. The van der Waals surface area contributed by atoms with Gasteiger partial charge in [0.25, 0.3) is 0 Å². The average Bonchev–Trinajstić information content (AvgIpc) is 2.04. The van der Waals surface area contributed by atoms with Crippen molar-refractivity contribution in [3.05, 3.63) is 35.4 Å². The molecule has 0 atom stereocenters. The molecule has 55 valence electrons. The number of hydrogen-bond acceptors (Lipinski definition) is 2. The third-order valence-electron chi connectivity index (χ3n) is 1.15. The molecule has 1 aromatic rings. The molecule has 0 unspecified atom stereocenters. The van der Waals surface area contributed by atoms with E-state index in [2.05, 4.69) is 0 Å². The van der Waals surface area contributed by atoms with Crippen LogP contribution in [0.2, 0.25) is 0 Å². The molecule has 0 aliphatic heterocycles. The molecule has 0 amide bonds. The van der Waals surface area contributed by atoms with Gasteiger partial charge in [0.15, 0.2) is 0 Å². The van der Waals surface area contributed by atoms with Gasteiger partial charge in [-0.3, -0.25) is 11.1 Å². The summed E-state index contributed by atoms with van der Waals surface area (Å²) in [5.41, 5.74) is 0.523. The molecule has 0 saturated carbocycles. The quantitative estimate of drug-likeness (QED) is 0.501. The van der Waals surface area contributed by atoms with E-state index in [0.717, 1.165) is 0 Å². The Hall–Kier alpha value is -0.921. The maximum Gasteiger partial charge on any atom is 2.00 e. The summed E-state index contributed by atoms with van der Waals surface area (Å²) >= 11 is 0. The average molecular weight is 187 g/mol. The molecule has 0 heterocycles. The van der Waals surface area contributed by atoms with Gasteiger partial charge in [-0.1, -0.05) is 0 Å². The van der Waals surface area contributed by atoms with Crippen LogP contribution in [0, 0.1) is 0 Å². The number of hydrogen-bond donors (Lipinski definition) is 0. The molecular weight excluding hydrogens is 183 g/mol. The Morgan fingerprint density at radius 1 is 0.909 bits per heavy atom. The maximum absolute atomic E-state index is 10.1. The van der Waals surface area contributed by atoms with E-state index in [4.69, 9.17) is 0 Å². The molecule has 11 heavy (non-hydrogen) atoms. The molecule has 0 fully saturated rings. The SMILES string of the molecule is O=[C-]c1ccccc1[C-]=O.[Mn+2]. The van der Waals surface area contributed by atoms with E-state index in [1.807, 2.05) is 0 Å². The van der Waals surface area contributed by atoms with E-state index < -0.39 is 0 Å². The van der Waals surface area contributed by atoms with Crippen LogP contribution in [0.15, 0.2) is 24.3 Å². The molecule has 0 aliphatic rings. The summed E-state index contributed by atoms with van der Waals surface area (Å²) in [4.78, 5) is 20.2. The van der Waals surface area contributed by atoms with Crippen LogP contribution in [0.3, 0.4) is 0 Å². The molecule has 0 N–H and O–H groups in total. The van der Waals surface area contributed by atoms with Gasteiger partial charge in [-0.05, 0) is 12.6 Å². The van der Waals surface area contributed by atoms with E-state index in [1.165, 1.54) is 12.1 Å². The van der Waals surface area contributed by atoms with Crippen molar-refractivity contribution in [3.8, 4) is 0 Å². The van der Waals surface area contributed by atoms with Crippen molar-refractivity contribution in [3.63, 3.8) is 0 Å². The second-order valence-electron chi connectivity index (χ2n) is 1.75. The monoisotopic (exact) mass is 187 g/mol. The van der Waals surface area contributed by atoms with Crippen molar-refractivity contribution in [2.24, 2.45) is 0 Å². The summed E-state index contributed by atoms with van der Waals surface area (Å²) in [5.74, 6) is 0. The molecule has 0 aliphatic carbocycles. The molecule has 1 radical (unpaired) electrons. The Labute approximate surface area is 75.1 Å². The zero-order valence-corrected chi connectivity index (χ0v) is 6.68. The van der Waals surface area contributed by atoms with Gasteiger partial charge in [-0.15, -0.1) is 12.1 Å². The normalized spacial score (nSPS) is 8.00. The van der Waals surface area contributed by atoms with E-state index in [9.17, 15) is 9.59 Å². The van der Waals surface area contributed by atoms with Crippen molar-refractivity contribution < 1.29 is 26.7 Å². The first-order valence-electron chi connectivity index (χ1n) is 2.74. The second kappa shape index (κ2) is 4.83. The minimum atomic E-state index is 0. The third-order valence-corrected chi connectivity index (χ3v) is 1.15. The van der Waals surface area contributed by atoms with Crippen molar-refractivity contribution in [2.45, 2.75) is 0 Å². The van der Waals surface area contributed by atoms with E-state index in [0.29, 0.717) is 0 Å². The topological polar surface area (TPSA) is 34.1 Å². The molecular formula is C8H4MnO2. The molecule has 1 rings (SSSR count). The number of carbonyl (C=O) groups excluding carboxylic acids is 2. The Kier molecular flexibility index (Phi) is 4.42. The molecule has 1 aromatic carbocycles. The Bertz CT molecular complexity index is 231. The Morgan fingerprint density at radius 2 is 1.27 bits per heavy atom. The molecule has 0 bridgehead atoms. The van der Waals surface area contributed by atoms with Gasteiger partial charge >= 0.3 is 17.1 Å². The molecule has 3 heteroatoms. The zero-order chi connectivity index (χ0) is 7.40.